The van der Waals surface area contributed by atoms with Gasteiger partial charge in [0.15, 0.2) is 0 Å². The molecule has 0 N–H and O–H groups in total. The van der Waals surface area contributed by atoms with E-state index in [1.54, 1.807) is 11.1 Å². The first-order chi connectivity index (χ1) is 12.1. The Morgan fingerprint density at radius 1 is 1.00 bits per heavy atom. The number of halogens is 2. The predicted octanol–water partition coefficient (Wildman–Crippen LogP) is 3.92. The molecule has 2 aliphatic heterocycles. The molecule has 2 heterocycles. The lowest BCUT2D eigenvalue weighted by Gasteiger charge is -2.41. The summed E-state index contributed by atoms with van der Waals surface area (Å²) in [5.41, 5.74) is 1.63. The van der Waals surface area contributed by atoms with Gasteiger partial charge in [0.25, 0.3) is 0 Å². The van der Waals surface area contributed by atoms with Crippen LogP contribution in [0.4, 0.5) is 13.6 Å². The molecule has 2 aliphatic rings. The fourth-order valence-corrected chi connectivity index (χ4v) is 3.36. The number of amides is 2. The average Bonchev–Trinajstić information content (AvgIpc) is 3.03. The molecule has 1 fully saturated rings. The van der Waals surface area contributed by atoms with Crippen LogP contribution in [0.25, 0.3) is 0 Å². The van der Waals surface area contributed by atoms with Gasteiger partial charge in [-0.1, -0.05) is 30.3 Å². The second kappa shape index (κ2) is 6.27. The molecule has 2 aromatic carbocycles. The maximum absolute atomic E-state index is 13.5. The first-order valence-electron chi connectivity index (χ1n) is 8.23. The Bertz CT molecular complexity index is 798. The third-order valence-electron chi connectivity index (χ3n) is 4.72. The second-order valence-electron chi connectivity index (χ2n) is 6.39. The van der Waals surface area contributed by atoms with Gasteiger partial charge in [-0.3, -0.25) is 0 Å². The molecule has 6 heteroatoms. The van der Waals surface area contributed by atoms with Crippen LogP contribution in [0.2, 0.25) is 0 Å². The molecule has 1 saturated heterocycles. The van der Waals surface area contributed by atoms with Crippen LogP contribution in [0.5, 0.6) is 0 Å². The van der Waals surface area contributed by atoms with Gasteiger partial charge in [-0.15, -0.1) is 0 Å². The minimum absolute atomic E-state index is 0.226. The zero-order valence-corrected chi connectivity index (χ0v) is 13.5. The van der Waals surface area contributed by atoms with Crippen molar-refractivity contribution >= 4 is 12.2 Å². The minimum atomic E-state index is -0.651. The van der Waals surface area contributed by atoms with Crippen LogP contribution in [0.1, 0.15) is 29.5 Å². The van der Waals surface area contributed by atoms with Crippen molar-refractivity contribution in [3.05, 3.63) is 71.3 Å². The normalized spacial score (nSPS) is 20.0. The lowest BCUT2D eigenvalue weighted by molar-refractivity contribution is 0.105. The Labute approximate surface area is 144 Å². The molecule has 2 amide bonds. The highest BCUT2D eigenvalue weighted by atomic mass is 19.1. The molecular formula is C19H17F2N3O. The summed E-state index contributed by atoms with van der Waals surface area (Å²) in [5.74, 6) is -0.980. The Hall–Kier alpha value is -2.76. The smallest absolute Gasteiger partial charge is 0.322 e. The molecule has 1 atom stereocenters. The molecule has 0 bridgehead atoms. The number of nitrogens with zero attached hydrogens (tertiary/aromatic N) is 3. The molecule has 0 radical (unpaired) electrons. The van der Waals surface area contributed by atoms with E-state index >= 15 is 0 Å². The Morgan fingerprint density at radius 2 is 1.68 bits per heavy atom. The van der Waals surface area contributed by atoms with Crippen molar-refractivity contribution in [1.82, 2.24) is 9.91 Å². The van der Waals surface area contributed by atoms with Gasteiger partial charge in [-0.2, -0.15) is 5.10 Å². The predicted molar refractivity (Wildman–Crippen MR) is 90.2 cm³/mol. The summed E-state index contributed by atoms with van der Waals surface area (Å²) >= 11 is 0. The number of rotatable bonds is 2. The molecule has 25 heavy (non-hydrogen) atoms. The van der Waals surface area contributed by atoms with E-state index in [4.69, 9.17) is 0 Å². The van der Waals surface area contributed by atoms with Crippen LogP contribution in [0.15, 0.2) is 53.6 Å². The summed E-state index contributed by atoms with van der Waals surface area (Å²) in [6, 6.07) is 12.7. The van der Waals surface area contributed by atoms with Gasteiger partial charge in [0, 0.05) is 37.7 Å². The van der Waals surface area contributed by atoms with E-state index in [1.165, 1.54) is 22.7 Å². The molecule has 0 aromatic heterocycles. The van der Waals surface area contributed by atoms with Crippen molar-refractivity contribution in [2.45, 2.75) is 18.4 Å². The summed E-state index contributed by atoms with van der Waals surface area (Å²) in [4.78, 5) is 14.4. The van der Waals surface area contributed by atoms with Crippen molar-refractivity contribution in [2.75, 3.05) is 13.1 Å². The van der Waals surface area contributed by atoms with E-state index in [9.17, 15) is 13.6 Å². The molecule has 2 aromatic rings. The van der Waals surface area contributed by atoms with Crippen molar-refractivity contribution in [3.8, 4) is 0 Å². The number of likely N-dealkylation sites (tertiary alicyclic amines) is 1. The molecule has 0 spiro atoms. The monoisotopic (exact) mass is 341 g/mol. The third kappa shape index (κ3) is 2.99. The highest BCUT2D eigenvalue weighted by molar-refractivity contribution is 5.79. The highest BCUT2D eigenvalue weighted by Gasteiger charge is 2.38. The average molecular weight is 341 g/mol. The quantitative estimate of drug-likeness (QED) is 0.816. The van der Waals surface area contributed by atoms with E-state index in [0.29, 0.717) is 31.0 Å². The first kappa shape index (κ1) is 15.7. The molecule has 4 rings (SSSR count). The van der Waals surface area contributed by atoms with Crippen molar-refractivity contribution < 1.29 is 13.6 Å². The minimum Gasteiger partial charge on any atom is -0.322 e. The topological polar surface area (TPSA) is 35.9 Å². The maximum Gasteiger partial charge on any atom is 0.341 e. The van der Waals surface area contributed by atoms with Crippen LogP contribution in [-0.4, -0.2) is 35.2 Å². The maximum atomic E-state index is 13.5. The van der Waals surface area contributed by atoms with Gasteiger partial charge in [0.1, 0.15) is 11.6 Å². The van der Waals surface area contributed by atoms with Gasteiger partial charge in [0.05, 0.1) is 6.04 Å². The number of carbonyl (C=O) groups excluding carboxylic acids is 1. The standard InChI is InChI=1S/C19H17F2N3O/c20-16-8-14(9-17(21)10-16)18-6-7-22-24(18)19(25)23-11-15(12-23)13-4-2-1-3-5-13/h1-5,7-10,15,18H,6,11-12H2. The molecular weight excluding hydrogens is 324 g/mol. The summed E-state index contributed by atoms with van der Waals surface area (Å²) in [6.45, 7) is 1.25. The van der Waals surface area contributed by atoms with Gasteiger partial charge < -0.3 is 4.90 Å². The van der Waals surface area contributed by atoms with Crippen LogP contribution in [-0.2, 0) is 0 Å². The molecule has 0 saturated carbocycles. The summed E-state index contributed by atoms with van der Waals surface area (Å²) in [7, 11) is 0. The van der Waals surface area contributed by atoms with Crippen LogP contribution >= 0.6 is 0 Å². The Kier molecular flexibility index (Phi) is 3.95. The summed E-state index contributed by atoms with van der Waals surface area (Å²) < 4.78 is 27.0. The third-order valence-corrected chi connectivity index (χ3v) is 4.72. The lowest BCUT2D eigenvalue weighted by atomic mass is 9.92. The van der Waals surface area contributed by atoms with Gasteiger partial charge >= 0.3 is 6.03 Å². The number of carbonyl (C=O) groups is 1. The van der Waals surface area contributed by atoms with E-state index in [2.05, 4.69) is 17.2 Å². The zero-order chi connectivity index (χ0) is 17.4. The highest BCUT2D eigenvalue weighted by Crippen LogP contribution is 2.33. The van der Waals surface area contributed by atoms with Gasteiger partial charge in [-0.25, -0.2) is 18.6 Å². The van der Waals surface area contributed by atoms with Gasteiger partial charge in [-0.05, 0) is 23.3 Å². The van der Waals surface area contributed by atoms with Crippen LogP contribution < -0.4 is 0 Å². The number of hydrogen-bond donors (Lipinski definition) is 0. The number of hydrazone groups is 1. The molecule has 128 valence electrons. The number of urea groups is 1. The largest absolute Gasteiger partial charge is 0.341 e. The molecule has 1 unspecified atom stereocenters. The zero-order valence-electron chi connectivity index (χ0n) is 13.5. The van der Waals surface area contributed by atoms with E-state index < -0.39 is 17.7 Å². The fraction of sp³-hybridized carbons (Fsp3) is 0.263. The van der Waals surface area contributed by atoms with Crippen molar-refractivity contribution in [1.29, 1.82) is 0 Å². The second-order valence-corrected chi connectivity index (χ2v) is 6.39. The SMILES string of the molecule is O=C(N1CC(c2ccccc2)C1)N1N=CCC1c1cc(F)cc(F)c1. The van der Waals surface area contributed by atoms with E-state index in [-0.39, 0.29) is 6.03 Å². The van der Waals surface area contributed by atoms with Crippen molar-refractivity contribution in [2.24, 2.45) is 5.10 Å². The molecule has 4 nitrogen and oxygen atoms in total. The van der Waals surface area contributed by atoms with E-state index in [1.807, 2.05) is 18.2 Å². The summed E-state index contributed by atoms with van der Waals surface area (Å²) in [6.07, 6.45) is 2.06. The lowest BCUT2D eigenvalue weighted by Crippen LogP contribution is -2.52. The van der Waals surface area contributed by atoms with Crippen LogP contribution in [0, 0.1) is 11.6 Å². The number of hydrogen-bond acceptors (Lipinski definition) is 2. The number of benzene rings is 2. The van der Waals surface area contributed by atoms with Crippen LogP contribution in [0.3, 0.4) is 0 Å². The first-order valence-corrected chi connectivity index (χ1v) is 8.23. The van der Waals surface area contributed by atoms with E-state index in [0.717, 1.165) is 6.07 Å². The Morgan fingerprint density at radius 3 is 2.36 bits per heavy atom. The van der Waals surface area contributed by atoms with Gasteiger partial charge in [0.2, 0.25) is 0 Å². The Balaban J connectivity index is 1.46. The van der Waals surface area contributed by atoms with Crippen molar-refractivity contribution in [3.63, 3.8) is 0 Å². The molecule has 0 aliphatic carbocycles. The summed E-state index contributed by atoms with van der Waals surface area (Å²) in [5, 5.41) is 5.45. The fourth-order valence-electron chi connectivity index (χ4n) is 3.36.